The number of alkyl halides is 3. The highest BCUT2D eigenvalue weighted by molar-refractivity contribution is 6.21. The molecule has 43 heavy (non-hydrogen) atoms. The molecule has 0 aliphatic carbocycles. The largest absolute Gasteiger partial charge is 0.416 e. The molecule has 204 valence electrons. The van der Waals surface area contributed by atoms with E-state index in [2.05, 4.69) is 27.2 Å². The lowest BCUT2D eigenvalue weighted by atomic mass is 10.0. The summed E-state index contributed by atoms with van der Waals surface area (Å²) in [4.78, 5) is 7.53. The number of aryl methyl sites for hydroxylation is 1. The quantitative estimate of drug-likeness (QED) is 0.117. The molecule has 0 saturated heterocycles. The molecule has 7 aromatic carbocycles. The second-order valence-corrected chi connectivity index (χ2v) is 10.5. The first-order valence-electron chi connectivity index (χ1n) is 13.4. The van der Waals surface area contributed by atoms with Gasteiger partial charge in [0.2, 0.25) is 6.19 Å². The lowest BCUT2D eigenvalue weighted by Gasteiger charge is -2.09. The third kappa shape index (κ3) is 4.22. The van der Waals surface area contributed by atoms with Gasteiger partial charge in [-0.3, -0.25) is 0 Å². The van der Waals surface area contributed by atoms with Gasteiger partial charge >= 0.3 is 6.18 Å². The molecule has 4 nitrogen and oxygen atoms in total. The van der Waals surface area contributed by atoms with E-state index in [0.29, 0.717) is 27.2 Å². The Kier molecular flexibility index (Phi) is 5.86. The molecule has 0 N–H and O–H groups in total. The molecule has 7 rings (SSSR count). The highest BCUT2D eigenvalue weighted by Crippen LogP contribution is 2.36. The van der Waals surface area contributed by atoms with Crippen LogP contribution in [0.3, 0.4) is 0 Å². The van der Waals surface area contributed by atoms with Crippen LogP contribution in [-0.2, 0) is 6.18 Å². The molecule has 0 fully saturated rings. The van der Waals surface area contributed by atoms with E-state index in [1.54, 1.807) is 18.2 Å². The van der Waals surface area contributed by atoms with Crippen molar-refractivity contribution in [1.29, 1.82) is 5.26 Å². The van der Waals surface area contributed by atoms with Crippen molar-refractivity contribution in [3.05, 3.63) is 130 Å². The minimum Gasteiger partial charge on any atom is -0.181 e. The van der Waals surface area contributed by atoms with E-state index in [1.165, 1.54) is 6.07 Å². The van der Waals surface area contributed by atoms with E-state index in [0.717, 1.165) is 66.5 Å². The van der Waals surface area contributed by atoms with Crippen molar-refractivity contribution >= 4 is 43.1 Å². The molecule has 0 amide bonds. The summed E-state index contributed by atoms with van der Waals surface area (Å²) in [5.41, 5.74) is 3.49. The molecule has 7 aromatic rings. The Morgan fingerprint density at radius 3 is 1.74 bits per heavy atom. The molecule has 0 unspecified atom stereocenters. The number of benzene rings is 5. The summed E-state index contributed by atoms with van der Waals surface area (Å²) in [5.74, 6) is 0. The average molecular weight is 565 g/mol. The minimum atomic E-state index is -4.46. The van der Waals surface area contributed by atoms with Crippen LogP contribution in [0.1, 0.15) is 11.1 Å². The van der Waals surface area contributed by atoms with Crippen molar-refractivity contribution in [3.8, 4) is 28.4 Å². The van der Waals surface area contributed by atoms with Crippen LogP contribution in [-0.4, -0.2) is 0 Å². The van der Waals surface area contributed by atoms with E-state index >= 15 is 0 Å². The van der Waals surface area contributed by atoms with Crippen molar-refractivity contribution in [2.24, 2.45) is 10.1 Å². The van der Waals surface area contributed by atoms with Crippen molar-refractivity contribution in [3.63, 3.8) is 0 Å². The van der Waals surface area contributed by atoms with Gasteiger partial charge in [0.15, 0.2) is 5.36 Å². The fourth-order valence-corrected chi connectivity index (χ4v) is 6.06. The molecule has 0 spiro atoms. The van der Waals surface area contributed by atoms with Crippen LogP contribution in [0.5, 0.6) is 0 Å². The predicted octanol–water partition coefficient (Wildman–Crippen LogP) is 8.95. The van der Waals surface area contributed by atoms with Crippen LogP contribution in [0.4, 0.5) is 13.2 Å². The topological polar surface area (TPSA) is 52.9 Å². The number of rotatable bonds is 2. The van der Waals surface area contributed by atoms with Crippen LogP contribution in [0.2, 0.25) is 0 Å². The Hall–Kier alpha value is -5.79. The average Bonchev–Trinajstić information content (AvgIpc) is 3.47. The van der Waals surface area contributed by atoms with Gasteiger partial charge in [-0.25, -0.2) is 0 Å². The first-order valence-corrected chi connectivity index (χ1v) is 13.4. The van der Waals surface area contributed by atoms with Crippen LogP contribution in [0, 0.1) is 25.0 Å². The monoisotopic (exact) mass is 564 g/mol. The Balaban J connectivity index is 1.51. The molecule has 0 aliphatic rings. The van der Waals surface area contributed by atoms with E-state index in [9.17, 15) is 18.4 Å². The number of fused-ring (bicyclic) bond motifs is 6. The molecular weight excluding hydrogens is 545 g/mol. The highest BCUT2D eigenvalue weighted by atomic mass is 19.4. The third-order valence-corrected chi connectivity index (χ3v) is 7.98. The molecule has 0 aromatic heterocycles. The number of hydrogen-bond acceptors (Lipinski definition) is 3. The van der Waals surface area contributed by atoms with Gasteiger partial charge in [-0.05, 0) is 87.1 Å². The smallest absolute Gasteiger partial charge is 0.181 e. The zero-order chi connectivity index (χ0) is 29.9. The summed E-state index contributed by atoms with van der Waals surface area (Å²) in [6.07, 6.45) is -2.56. The molecule has 0 radical (unpaired) electrons. The fourth-order valence-electron chi connectivity index (χ4n) is 6.06. The second kappa shape index (κ2) is 9.65. The maximum absolute atomic E-state index is 13.4. The number of nitriles is 1. The molecule has 0 saturated carbocycles. The lowest BCUT2D eigenvalue weighted by molar-refractivity contribution is -0.137. The standard InChI is InChI=1S/C36H19F3N4/c1-20-5-3-6-21(13-20)23-9-12-27-29-17-32-28(18-33(29)35(43-41-2)31(27)16-23)26-11-10-24(15-30(26)34(32)42-19-40)22-7-4-8-25(14-22)36(37,38)39/h3-18H,1H3/b42-34+,43-35+. The van der Waals surface area contributed by atoms with Crippen LogP contribution >= 0.6 is 0 Å². The minimum absolute atomic E-state index is 0.414. The van der Waals surface area contributed by atoms with E-state index < -0.39 is 11.7 Å². The zero-order valence-corrected chi connectivity index (χ0v) is 22.7. The highest BCUT2D eigenvalue weighted by Gasteiger charge is 2.30. The number of halogens is 3. The van der Waals surface area contributed by atoms with E-state index in [4.69, 9.17) is 6.57 Å². The third-order valence-electron chi connectivity index (χ3n) is 7.98. The summed E-state index contributed by atoms with van der Waals surface area (Å²) < 4.78 is 40.2. The fraction of sp³-hybridized carbons (Fsp3) is 0.0556. The van der Waals surface area contributed by atoms with E-state index in [-0.39, 0.29) is 0 Å². The van der Waals surface area contributed by atoms with E-state index in [1.807, 2.05) is 61.6 Å². The molecule has 0 atom stereocenters. The summed E-state index contributed by atoms with van der Waals surface area (Å²) in [7, 11) is 0. The van der Waals surface area contributed by atoms with Crippen molar-refractivity contribution in [2.75, 3.05) is 0 Å². The van der Waals surface area contributed by atoms with Crippen molar-refractivity contribution < 1.29 is 13.2 Å². The van der Waals surface area contributed by atoms with Gasteiger partial charge in [0, 0.05) is 21.5 Å². The van der Waals surface area contributed by atoms with Gasteiger partial charge in [0.1, 0.15) is 0 Å². The van der Waals surface area contributed by atoms with Crippen molar-refractivity contribution in [1.82, 2.24) is 0 Å². The van der Waals surface area contributed by atoms with Gasteiger partial charge in [0.25, 0.3) is 0 Å². The Morgan fingerprint density at radius 1 is 0.628 bits per heavy atom. The summed E-state index contributed by atoms with van der Waals surface area (Å²) >= 11 is 0. The van der Waals surface area contributed by atoms with Crippen molar-refractivity contribution in [2.45, 2.75) is 13.1 Å². The molecule has 7 heteroatoms. The number of nitrogens with zero attached hydrogens (tertiary/aromatic N) is 4. The summed E-state index contributed by atoms with van der Waals surface area (Å²) in [6.45, 7) is 9.57. The SMILES string of the molecule is [C-]#[N+]/N=c1\c2cc(-c3cccc(C)c3)ccc2c2cc3/c(=N/C#N)c4cc(-c5cccc(C(F)(F)F)c5)ccc4c3cc12. The molecule has 0 heterocycles. The number of hydrogen-bond donors (Lipinski definition) is 0. The first-order chi connectivity index (χ1) is 20.8. The van der Waals surface area contributed by atoms with Gasteiger partial charge < -0.3 is 0 Å². The molecule has 0 bridgehead atoms. The zero-order valence-electron chi connectivity index (χ0n) is 22.7. The van der Waals surface area contributed by atoms with Gasteiger partial charge in [0.05, 0.1) is 16.0 Å². The van der Waals surface area contributed by atoms with Gasteiger partial charge in [-0.2, -0.15) is 30.0 Å². The second-order valence-electron chi connectivity index (χ2n) is 10.5. The van der Waals surface area contributed by atoms with Gasteiger partial charge in [-0.1, -0.05) is 66.2 Å². The van der Waals surface area contributed by atoms with Crippen LogP contribution < -0.4 is 10.7 Å². The Morgan fingerprint density at radius 2 is 1.16 bits per heavy atom. The Bertz CT molecular complexity index is 2480. The molecular formula is C36H19F3N4. The van der Waals surface area contributed by atoms with Crippen LogP contribution in [0.25, 0.3) is 70.3 Å². The summed E-state index contributed by atoms with van der Waals surface area (Å²) in [6, 6.07) is 28.9. The Labute approximate surface area is 243 Å². The van der Waals surface area contributed by atoms with Gasteiger partial charge in [-0.15, -0.1) is 4.95 Å². The summed E-state index contributed by atoms with van der Waals surface area (Å²) in [5, 5.41) is 21.3. The normalized spacial score (nSPS) is 12.9. The molecule has 0 aliphatic heterocycles. The maximum Gasteiger partial charge on any atom is 0.416 e. The predicted molar refractivity (Wildman–Crippen MR) is 163 cm³/mol. The first kappa shape index (κ1) is 26.1. The van der Waals surface area contributed by atoms with Crippen LogP contribution in [0.15, 0.2) is 107 Å². The lowest BCUT2D eigenvalue weighted by Crippen LogP contribution is -2.04. The maximum atomic E-state index is 13.4.